The molecule has 0 unspecified atom stereocenters. The Morgan fingerprint density at radius 2 is 1.76 bits per heavy atom. The highest BCUT2D eigenvalue weighted by molar-refractivity contribution is 6.30. The van der Waals surface area contributed by atoms with Crippen LogP contribution in [0.3, 0.4) is 0 Å². The first-order chi connectivity index (χ1) is 14.0. The summed E-state index contributed by atoms with van der Waals surface area (Å²) in [5.74, 6) is -2.01. The number of nitrogens with zero attached hydrogens (tertiary/aromatic N) is 3. The Hall–Kier alpha value is -2.48. The molecule has 1 aromatic carbocycles. The van der Waals surface area contributed by atoms with Crippen LogP contribution in [0.25, 0.3) is 0 Å². The number of hydrogen-bond acceptors (Lipinski definition) is 5. The molecule has 1 aliphatic heterocycles. The minimum absolute atomic E-state index is 0.0634. The summed E-state index contributed by atoms with van der Waals surface area (Å²) in [5.41, 5.74) is 1.63. The van der Waals surface area contributed by atoms with Gasteiger partial charge >= 0.3 is 5.97 Å². The van der Waals surface area contributed by atoms with E-state index in [1.807, 2.05) is 18.2 Å². The van der Waals surface area contributed by atoms with E-state index in [1.165, 1.54) is 0 Å². The van der Waals surface area contributed by atoms with E-state index < -0.39 is 11.9 Å². The first-order valence-corrected chi connectivity index (χ1v) is 10.0. The number of hydrogen-bond donors (Lipinski definition) is 2. The number of carbonyl (C=O) groups excluding carboxylic acids is 1. The van der Waals surface area contributed by atoms with Gasteiger partial charge in [-0.15, -0.1) is 0 Å². The number of halogens is 1. The van der Waals surface area contributed by atoms with Crippen LogP contribution >= 0.6 is 11.6 Å². The molecule has 29 heavy (non-hydrogen) atoms. The number of aliphatic carboxylic acids is 1. The van der Waals surface area contributed by atoms with E-state index >= 15 is 0 Å². The summed E-state index contributed by atoms with van der Waals surface area (Å²) in [7, 11) is 0. The fourth-order valence-electron chi connectivity index (χ4n) is 3.36. The first-order valence-electron chi connectivity index (χ1n) is 9.62. The smallest absolute Gasteiger partial charge is 0.308 e. The fraction of sp³-hybridized carbons (Fsp3) is 0.381. The molecule has 0 saturated carbocycles. The van der Waals surface area contributed by atoms with Gasteiger partial charge in [0.25, 0.3) is 0 Å². The van der Waals surface area contributed by atoms with E-state index in [9.17, 15) is 14.7 Å². The molecule has 1 aromatic heterocycles. The van der Waals surface area contributed by atoms with Gasteiger partial charge in [-0.05, 0) is 36.4 Å². The van der Waals surface area contributed by atoms with Crippen LogP contribution in [-0.4, -0.2) is 64.5 Å². The van der Waals surface area contributed by atoms with Gasteiger partial charge in [0.1, 0.15) is 0 Å². The predicted octanol–water partition coefficient (Wildman–Crippen LogP) is 2.58. The van der Waals surface area contributed by atoms with Gasteiger partial charge in [-0.25, -0.2) is 0 Å². The highest BCUT2D eigenvalue weighted by Crippen LogP contribution is 2.16. The van der Waals surface area contributed by atoms with Gasteiger partial charge in [0.2, 0.25) is 5.91 Å². The number of aromatic nitrogens is 1. The minimum atomic E-state index is -0.952. The van der Waals surface area contributed by atoms with Gasteiger partial charge in [0.05, 0.1) is 11.6 Å². The molecule has 1 atom stereocenters. The van der Waals surface area contributed by atoms with Crippen LogP contribution in [0, 0.1) is 5.92 Å². The van der Waals surface area contributed by atoms with Crippen molar-refractivity contribution in [3.63, 3.8) is 0 Å². The summed E-state index contributed by atoms with van der Waals surface area (Å²) < 4.78 is 0. The van der Waals surface area contributed by atoms with Crippen LogP contribution in [0.4, 0.5) is 5.69 Å². The molecule has 1 aliphatic rings. The van der Waals surface area contributed by atoms with Gasteiger partial charge in [-0.2, -0.15) is 0 Å². The molecule has 2 heterocycles. The zero-order chi connectivity index (χ0) is 20.6. The Bertz CT molecular complexity index is 808. The van der Waals surface area contributed by atoms with Gasteiger partial charge in [-0.3, -0.25) is 24.4 Å². The van der Waals surface area contributed by atoms with Crippen LogP contribution in [0.2, 0.25) is 5.02 Å². The third-order valence-electron chi connectivity index (χ3n) is 4.96. The average Bonchev–Trinajstić information content (AvgIpc) is 2.71. The molecule has 1 amide bonds. The van der Waals surface area contributed by atoms with E-state index in [0.717, 1.165) is 38.4 Å². The summed E-state index contributed by atoms with van der Waals surface area (Å²) in [6, 6.07) is 12.6. The zero-order valence-corrected chi connectivity index (χ0v) is 16.9. The molecule has 2 N–H and O–H groups in total. The molecule has 0 bridgehead atoms. The van der Waals surface area contributed by atoms with Crippen molar-refractivity contribution in [1.82, 2.24) is 14.8 Å². The largest absolute Gasteiger partial charge is 0.481 e. The summed E-state index contributed by atoms with van der Waals surface area (Å²) in [4.78, 5) is 32.7. The zero-order valence-electron chi connectivity index (χ0n) is 16.1. The Labute approximate surface area is 175 Å². The molecule has 7 nitrogen and oxygen atoms in total. The monoisotopic (exact) mass is 416 g/mol. The second-order valence-corrected chi connectivity index (χ2v) is 7.63. The molecule has 0 spiro atoms. The Morgan fingerprint density at radius 3 is 2.38 bits per heavy atom. The second-order valence-electron chi connectivity index (χ2n) is 7.19. The van der Waals surface area contributed by atoms with Crippen LogP contribution in [-0.2, 0) is 16.1 Å². The van der Waals surface area contributed by atoms with Crippen molar-refractivity contribution in [2.75, 3.05) is 38.0 Å². The van der Waals surface area contributed by atoms with Crippen molar-refractivity contribution in [2.24, 2.45) is 5.92 Å². The number of anilines is 1. The molecular formula is C21H25ClN4O3. The van der Waals surface area contributed by atoms with Crippen LogP contribution in [0.5, 0.6) is 0 Å². The maximum atomic E-state index is 12.3. The van der Waals surface area contributed by atoms with Gasteiger partial charge in [-0.1, -0.05) is 17.7 Å². The lowest BCUT2D eigenvalue weighted by atomic mass is 10.0. The Balaban J connectivity index is 1.46. The number of pyridine rings is 1. The third-order valence-corrected chi connectivity index (χ3v) is 5.22. The van der Waals surface area contributed by atoms with Gasteiger partial charge in [0, 0.05) is 62.6 Å². The number of amides is 1. The average molecular weight is 417 g/mol. The number of piperazine rings is 1. The maximum Gasteiger partial charge on any atom is 0.308 e. The second kappa shape index (κ2) is 10.3. The van der Waals surface area contributed by atoms with Gasteiger partial charge in [0.15, 0.2) is 0 Å². The van der Waals surface area contributed by atoms with Crippen molar-refractivity contribution in [3.05, 3.63) is 59.4 Å². The lowest BCUT2D eigenvalue weighted by Gasteiger charge is -2.35. The van der Waals surface area contributed by atoms with Crippen molar-refractivity contribution >= 4 is 29.2 Å². The lowest BCUT2D eigenvalue weighted by Crippen LogP contribution is -2.48. The number of carbonyl (C=O) groups is 2. The topological polar surface area (TPSA) is 85.8 Å². The van der Waals surface area contributed by atoms with Gasteiger partial charge < -0.3 is 10.4 Å². The lowest BCUT2D eigenvalue weighted by molar-refractivity contribution is -0.144. The highest BCUT2D eigenvalue weighted by atomic mass is 35.5. The SMILES string of the molecule is O=C(C[C@H](CN1CCN(Cc2ccccn2)CC1)C(=O)O)Nc1ccc(Cl)cc1. The summed E-state index contributed by atoms with van der Waals surface area (Å²) in [6.07, 6.45) is 1.73. The van der Waals surface area contributed by atoms with Crippen LogP contribution < -0.4 is 5.32 Å². The van der Waals surface area contributed by atoms with Crippen LogP contribution in [0.15, 0.2) is 48.7 Å². The van der Waals surface area contributed by atoms with Crippen LogP contribution in [0.1, 0.15) is 12.1 Å². The van der Waals surface area contributed by atoms with Crippen molar-refractivity contribution in [2.45, 2.75) is 13.0 Å². The minimum Gasteiger partial charge on any atom is -0.481 e. The first kappa shape index (κ1) is 21.2. The van der Waals surface area contributed by atoms with E-state index in [1.54, 1.807) is 30.5 Å². The summed E-state index contributed by atoms with van der Waals surface area (Å²) in [5, 5.41) is 12.9. The Kier molecular flexibility index (Phi) is 7.57. The van der Waals surface area contributed by atoms with E-state index in [4.69, 9.17) is 11.6 Å². The number of rotatable bonds is 8. The fourth-order valence-corrected chi connectivity index (χ4v) is 3.49. The predicted molar refractivity (Wildman–Crippen MR) is 112 cm³/mol. The molecule has 2 aromatic rings. The van der Waals surface area contributed by atoms with Crippen molar-refractivity contribution in [3.8, 4) is 0 Å². The molecule has 0 radical (unpaired) electrons. The van der Waals surface area contributed by atoms with Crippen molar-refractivity contribution in [1.29, 1.82) is 0 Å². The molecule has 0 aliphatic carbocycles. The summed E-state index contributed by atoms with van der Waals surface area (Å²) in [6.45, 7) is 4.39. The molecular weight excluding hydrogens is 392 g/mol. The molecule has 1 fully saturated rings. The number of nitrogens with one attached hydrogen (secondary N) is 1. The molecule has 1 saturated heterocycles. The van der Waals surface area contributed by atoms with E-state index in [-0.39, 0.29) is 12.3 Å². The highest BCUT2D eigenvalue weighted by Gasteiger charge is 2.26. The van der Waals surface area contributed by atoms with E-state index in [2.05, 4.69) is 20.1 Å². The normalized spacial score (nSPS) is 16.3. The van der Waals surface area contributed by atoms with Crippen molar-refractivity contribution < 1.29 is 14.7 Å². The standard InChI is InChI=1S/C21H25ClN4O3/c22-17-4-6-18(7-5-17)24-20(27)13-16(21(28)29)14-25-9-11-26(12-10-25)15-19-3-1-2-8-23-19/h1-8,16H,9-15H2,(H,24,27)(H,28,29)/t16-/m1/s1. The molecule has 3 rings (SSSR count). The Morgan fingerprint density at radius 1 is 1.07 bits per heavy atom. The number of carboxylic acid groups (broad SMARTS) is 1. The van der Waals surface area contributed by atoms with E-state index in [0.29, 0.717) is 17.3 Å². The molecule has 8 heteroatoms. The third kappa shape index (κ3) is 6.81. The quantitative estimate of drug-likeness (QED) is 0.688. The molecule has 154 valence electrons. The number of carboxylic acids is 1. The maximum absolute atomic E-state index is 12.3. The number of benzene rings is 1. The summed E-state index contributed by atoms with van der Waals surface area (Å²) >= 11 is 5.84.